The van der Waals surface area contributed by atoms with Crippen LogP contribution in [-0.4, -0.2) is 5.11 Å². The summed E-state index contributed by atoms with van der Waals surface area (Å²) in [5, 5.41) is 10.4. The van der Waals surface area contributed by atoms with Crippen molar-refractivity contribution in [3.8, 4) is 11.8 Å². The summed E-state index contributed by atoms with van der Waals surface area (Å²) in [7, 11) is 0. The number of aryl methyl sites for hydroxylation is 1. The van der Waals surface area contributed by atoms with Gasteiger partial charge in [0.15, 0.2) is 0 Å². The normalized spacial score (nSPS) is 13.3. The molecule has 0 spiro atoms. The summed E-state index contributed by atoms with van der Waals surface area (Å²) in [6, 6.07) is 17.4. The van der Waals surface area contributed by atoms with Crippen molar-refractivity contribution in [1.29, 1.82) is 0 Å². The topological polar surface area (TPSA) is 20.2 Å². The van der Waals surface area contributed by atoms with E-state index in [1.807, 2.05) is 61.5 Å². The van der Waals surface area contributed by atoms with Gasteiger partial charge in [-0.25, -0.2) is 0 Å². The summed E-state index contributed by atoms with van der Waals surface area (Å²) in [4.78, 5) is 0. The zero-order valence-electron chi connectivity index (χ0n) is 10.6. The standard InChI is InChI=1S/C17H16O/c1-14-8-6-7-9-15(14)12-13-17(2,18)16-10-4-3-5-11-16/h3-11,18H,1-2H3. The molecule has 0 bridgehead atoms. The lowest BCUT2D eigenvalue weighted by atomic mass is 9.96. The number of benzene rings is 2. The first-order chi connectivity index (χ1) is 8.59. The van der Waals surface area contributed by atoms with Gasteiger partial charge >= 0.3 is 0 Å². The van der Waals surface area contributed by atoms with E-state index in [1.54, 1.807) is 6.92 Å². The lowest BCUT2D eigenvalue weighted by molar-refractivity contribution is 0.122. The Hall–Kier alpha value is -2.04. The van der Waals surface area contributed by atoms with E-state index >= 15 is 0 Å². The molecule has 2 aromatic rings. The van der Waals surface area contributed by atoms with E-state index in [4.69, 9.17) is 0 Å². The molecule has 18 heavy (non-hydrogen) atoms. The van der Waals surface area contributed by atoms with Crippen molar-refractivity contribution >= 4 is 0 Å². The van der Waals surface area contributed by atoms with Crippen molar-refractivity contribution in [3.63, 3.8) is 0 Å². The summed E-state index contributed by atoms with van der Waals surface area (Å²) in [6.07, 6.45) is 0. The summed E-state index contributed by atoms with van der Waals surface area (Å²) in [5.41, 5.74) is 1.76. The van der Waals surface area contributed by atoms with Crippen LogP contribution in [0.2, 0.25) is 0 Å². The number of hydrogen-bond donors (Lipinski definition) is 1. The smallest absolute Gasteiger partial charge is 0.148 e. The minimum atomic E-state index is -1.12. The number of hydrogen-bond acceptors (Lipinski definition) is 1. The molecule has 0 fully saturated rings. The molecule has 2 aromatic carbocycles. The molecule has 1 nitrogen and oxygen atoms in total. The Morgan fingerprint density at radius 1 is 0.944 bits per heavy atom. The van der Waals surface area contributed by atoms with Crippen molar-refractivity contribution < 1.29 is 5.11 Å². The van der Waals surface area contributed by atoms with Gasteiger partial charge in [-0.15, -0.1) is 0 Å². The number of aliphatic hydroxyl groups is 1. The maximum atomic E-state index is 10.4. The van der Waals surface area contributed by atoms with Crippen LogP contribution in [0.4, 0.5) is 0 Å². The maximum absolute atomic E-state index is 10.4. The van der Waals surface area contributed by atoms with Crippen LogP contribution in [0.1, 0.15) is 23.6 Å². The molecule has 0 aromatic heterocycles. The molecule has 0 amide bonds. The lowest BCUT2D eigenvalue weighted by Crippen LogP contribution is -2.18. The molecular formula is C17H16O. The third kappa shape index (κ3) is 2.80. The second-order valence-corrected chi connectivity index (χ2v) is 4.50. The fraction of sp³-hybridized carbons (Fsp3) is 0.176. The van der Waals surface area contributed by atoms with E-state index < -0.39 is 5.60 Å². The fourth-order valence-corrected chi connectivity index (χ4v) is 1.74. The monoisotopic (exact) mass is 236 g/mol. The summed E-state index contributed by atoms with van der Waals surface area (Å²) in [5.74, 6) is 5.99. The molecule has 0 heterocycles. The Labute approximate surface area is 108 Å². The van der Waals surface area contributed by atoms with Crippen molar-refractivity contribution in [1.82, 2.24) is 0 Å². The quantitative estimate of drug-likeness (QED) is 0.753. The molecule has 1 heteroatoms. The SMILES string of the molecule is Cc1ccccc1C#CC(C)(O)c1ccccc1. The van der Waals surface area contributed by atoms with Gasteiger partial charge in [-0.1, -0.05) is 60.4 Å². The highest BCUT2D eigenvalue weighted by atomic mass is 16.3. The molecule has 0 radical (unpaired) electrons. The first kappa shape index (κ1) is 12.4. The second kappa shape index (κ2) is 5.08. The van der Waals surface area contributed by atoms with Gasteiger partial charge in [0.1, 0.15) is 5.60 Å². The molecule has 0 saturated carbocycles. The first-order valence-corrected chi connectivity index (χ1v) is 5.96. The average Bonchev–Trinajstić information content (AvgIpc) is 2.39. The molecular weight excluding hydrogens is 220 g/mol. The molecule has 0 aliphatic heterocycles. The third-order valence-electron chi connectivity index (χ3n) is 2.92. The van der Waals surface area contributed by atoms with Crippen LogP contribution in [0.5, 0.6) is 0 Å². The van der Waals surface area contributed by atoms with Crippen LogP contribution in [0, 0.1) is 18.8 Å². The molecule has 0 aliphatic rings. The van der Waals surface area contributed by atoms with Gasteiger partial charge in [0.2, 0.25) is 0 Å². The molecule has 1 unspecified atom stereocenters. The Morgan fingerprint density at radius 2 is 1.56 bits per heavy atom. The van der Waals surface area contributed by atoms with Crippen LogP contribution in [-0.2, 0) is 5.60 Å². The van der Waals surface area contributed by atoms with Gasteiger partial charge < -0.3 is 5.11 Å². The third-order valence-corrected chi connectivity index (χ3v) is 2.92. The summed E-state index contributed by atoms with van der Waals surface area (Å²) in [6.45, 7) is 3.73. The lowest BCUT2D eigenvalue weighted by Gasteiger charge is -2.16. The van der Waals surface area contributed by atoms with E-state index in [0.717, 1.165) is 16.7 Å². The van der Waals surface area contributed by atoms with Gasteiger partial charge in [-0.3, -0.25) is 0 Å². The maximum Gasteiger partial charge on any atom is 0.148 e. The number of rotatable bonds is 1. The summed E-state index contributed by atoms with van der Waals surface area (Å²) >= 11 is 0. The minimum Gasteiger partial charge on any atom is -0.374 e. The van der Waals surface area contributed by atoms with Crippen molar-refractivity contribution in [2.45, 2.75) is 19.4 Å². The van der Waals surface area contributed by atoms with Crippen molar-refractivity contribution in [2.75, 3.05) is 0 Å². The van der Waals surface area contributed by atoms with Gasteiger partial charge in [0.05, 0.1) is 0 Å². The largest absolute Gasteiger partial charge is 0.374 e. The van der Waals surface area contributed by atoms with E-state index in [0.29, 0.717) is 0 Å². The predicted molar refractivity (Wildman–Crippen MR) is 74.1 cm³/mol. The van der Waals surface area contributed by atoms with Crippen LogP contribution < -0.4 is 0 Å². The Balaban J connectivity index is 2.33. The van der Waals surface area contributed by atoms with Crippen LogP contribution in [0.15, 0.2) is 54.6 Å². The predicted octanol–water partition coefficient (Wildman–Crippen LogP) is 3.25. The fourth-order valence-electron chi connectivity index (χ4n) is 1.74. The zero-order chi connectivity index (χ0) is 13.0. The molecule has 1 atom stereocenters. The van der Waals surface area contributed by atoms with E-state index in [1.165, 1.54) is 0 Å². The van der Waals surface area contributed by atoms with Crippen LogP contribution >= 0.6 is 0 Å². The van der Waals surface area contributed by atoms with Crippen LogP contribution in [0.25, 0.3) is 0 Å². The highest BCUT2D eigenvalue weighted by Crippen LogP contribution is 2.19. The molecule has 0 aliphatic carbocycles. The van der Waals surface area contributed by atoms with Gasteiger partial charge in [-0.2, -0.15) is 0 Å². The highest BCUT2D eigenvalue weighted by molar-refractivity contribution is 5.43. The van der Waals surface area contributed by atoms with E-state index in [-0.39, 0.29) is 0 Å². The van der Waals surface area contributed by atoms with Gasteiger partial charge in [0, 0.05) is 5.56 Å². The molecule has 0 saturated heterocycles. The van der Waals surface area contributed by atoms with E-state index in [2.05, 4.69) is 11.8 Å². The molecule has 90 valence electrons. The average molecular weight is 236 g/mol. The Kier molecular flexibility index (Phi) is 3.50. The van der Waals surface area contributed by atoms with Crippen molar-refractivity contribution in [3.05, 3.63) is 71.3 Å². The van der Waals surface area contributed by atoms with Gasteiger partial charge in [0.25, 0.3) is 0 Å². The minimum absolute atomic E-state index is 0.811. The van der Waals surface area contributed by atoms with Crippen molar-refractivity contribution in [2.24, 2.45) is 0 Å². The summed E-state index contributed by atoms with van der Waals surface area (Å²) < 4.78 is 0. The Morgan fingerprint density at radius 3 is 2.22 bits per heavy atom. The highest BCUT2D eigenvalue weighted by Gasteiger charge is 2.19. The first-order valence-electron chi connectivity index (χ1n) is 5.96. The van der Waals surface area contributed by atoms with Crippen LogP contribution in [0.3, 0.4) is 0 Å². The second-order valence-electron chi connectivity index (χ2n) is 4.50. The van der Waals surface area contributed by atoms with E-state index in [9.17, 15) is 5.11 Å². The molecule has 2 rings (SSSR count). The Bertz CT molecular complexity index is 586. The van der Waals surface area contributed by atoms with Gasteiger partial charge in [-0.05, 0) is 31.0 Å². The molecule has 1 N–H and O–H groups in total. The zero-order valence-corrected chi connectivity index (χ0v) is 10.6.